The number of nitrogens with zero attached hydrogens (tertiary/aromatic N) is 1. The third-order valence-corrected chi connectivity index (χ3v) is 5.95. The highest BCUT2D eigenvalue weighted by molar-refractivity contribution is 7.89. The summed E-state index contributed by atoms with van der Waals surface area (Å²) in [6, 6.07) is 7.19. The second-order valence-corrected chi connectivity index (χ2v) is 7.39. The molecule has 0 aliphatic carbocycles. The molecule has 2 heterocycles. The molecule has 2 aliphatic heterocycles. The first-order chi connectivity index (χ1) is 9.56. The molecule has 1 aromatic carbocycles. The maximum Gasteiger partial charge on any atom is 0.242 e. The molecule has 3 N–H and O–H groups in total. The first-order valence-corrected chi connectivity index (χ1v) is 8.65. The van der Waals surface area contributed by atoms with Gasteiger partial charge in [0.2, 0.25) is 10.0 Å². The summed E-state index contributed by atoms with van der Waals surface area (Å²) >= 11 is 0. The highest BCUT2D eigenvalue weighted by atomic mass is 32.2. The van der Waals surface area contributed by atoms with Crippen molar-refractivity contribution in [3.8, 4) is 0 Å². The molecule has 0 saturated carbocycles. The van der Waals surface area contributed by atoms with Crippen LogP contribution in [0, 0.1) is 0 Å². The summed E-state index contributed by atoms with van der Waals surface area (Å²) in [6.07, 6.45) is 4.20. The van der Waals surface area contributed by atoms with Crippen LogP contribution in [0.25, 0.3) is 0 Å². The van der Waals surface area contributed by atoms with Crippen molar-refractivity contribution in [2.75, 3.05) is 18.8 Å². The summed E-state index contributed by atoms with van der Waals surface area (Å²) in [6.45, 7) is 2.15. The fourth-order valence-electron chi connectivity index (χ4n) is 3.34. The van der Waals surface area contributed by atoms with Crippen LogP contribution in [0.3, 0.4) is 0 Å². The van der Waals surface area contributed by atoms with Crippen LogP contribution in [0.15, 0.2) is 29.2 Å². The van der Waals surface area contributed by atoms with E-state index in [2.05, 4.69) is 9.62 Å². The molecular formula is C14H21N3O2S. The molecular weight excluding hydrogens is 274 g/mol. The fraction of sp³-hybridized carbons (Fsp3) is 0.571. The van der Waals surface area contributed by atoms with Crippen molar-refractivity contribution in [1.82, 2.24) is 9.62 Å². The summed E-state index contributed by atoms with van der Waals surface area (Å²) in [5.41, 5.74) is 6.07. The monoisotopic (exact) mass is 295 g/mol. The molecule has 2 saturated heterocycles. The number of para-hydroxylation sites is 1. The Labute approximate surface area is 120 Å². The van der Waals surface area contributed by atoms with E-state index in [0.717, 1.165) is 25.9 Å². The molecule has 0 bridgehead atoms. The van der Waals surface area contributed by atoms with Crippen LogP contribution in [0.2, 0.25) is 0 Å². The van der Waals surface area contributed by atoms with Gasteiger partial charge in [-0.05, 0) is 50.9 Å². The second-order valence-electron chi connectivity index (χ2n) is 5.71. The van der Waals surface area contributed by atoms with Crippen LogP contribution in [0.1, 0.15) is 25.7 Å². The molecule has 2 atom stereocenters. The quantitative estimate of drug-likeness (QED) is 0.821. The molecule has 3 rings (SSSR count). The number of benzene rings is 1. The summed E-state index contributed by atoms with van der Waals surface area (Å²) < 4.78 is 27.6. The zero-order valence-electron chi connectivity index (χ0n) is 11.5. The number of hydrogen-bond acceptors (Lipinski definition) is 4. The van der Waals surface area contributed by atoms with Gasteiger partial charge in [-0.3, -0.25) is 0 Å². The van der Waals surface area contributed by atoms with Gasteiger partial charge in [0.15, 0.2) is 0 Å². The maximum atomic E-state index is 12.4. The molecule has 0 amide bonds. The van der Waals surface area contributed by atoms with E-state index < -0.39 is 10.0 Å². The minimum absolute atomic E-state index is 0.0268. The normalized spacial score (nSPS) is 27.4. The van der Waals surface area contributed by atoms with E-state index >= 15 is 0 Å². The molecule has 1 aromatic rings. The predicted octanol–water partition coefficient (Wildman–Crippen LogP) is 1.17. The van der Waals surface area contributed by atoms with Gasteiger partial charge in [-0.1, -0.05) is 12.1 Å². The molecule has 0 radical (unpaired) electrons. The van der Waals surface area contributed by atoms with E-state index in [1.807, 2.05) is 0 Å². The molecule has 5 nitrogen and oxygen atoms in total. The van der Waals surface area contributed by atoms with Crippen LogP contribution >= 0.6 is 0 Å². The van der Waals surface area contributed by atoms with E-state index in [4.69, 9.17) is 5.73 Å². The number of nitrogen functional groups attached to an aromatic ring is 1. The lowest BCUT2D eigenvalue weighted by molar-refractivity contribution is 0.176. The zero-order chi connectivity index (χ0) is 14.2. The zero-order valence-corrected chi connectivity index (χ0v) is 12.3. The molecule has 2 fully saturated rings. The Balaban J connectivity index is 1.72. The Bertz CT molecular complexity index is 588. The number of fused-ring (bicyclic) bond motifs is 1. The van der Waals surface area contributed by atoms with Crippen LogP contribution in [-0.2, 0) is 10.0 Å². The van der Waals surface area contributed by atoms with Gasteiger partial charge in [-0.2, -0.15) is 0 Å². The van der Waals surface area contributed by atoms with Crippen molar-refractivity contribution in [1.29, 1.82) is 0 Å². The smallest absolute Gasteiger partial charge is 0.242 e. The van der Waals surface area contributed by atoms with E-state index in [0.29, 0.717) is 11.7 Å². The molecule has 2 unspecified atom stereocenters. The molecule has 0 aromatic heterocycles. The van der Waals surface area contributed by atoms with Crippen LogP contribution in [0.5, 0.6) is 0 Å². The number of piperidine rings is 1. The Morgan fingerprint density at radius 3 is 2.80 bits per heavy atom. The lowest BCUT2D eigenvalue weighted by atomic mass is 9.99. The lowest BCUT2D eigenvalue weighted by Crippen LogP contribution is -2.47. The SMILES string of the molecule is Nc1ccccc1S(=O)(=O)NC1CCN2CCCC2C1. The van der Waals surface area contributed by atoms with E-state index in [1.54, 1.807) is 24.3 Å². The van der Waals surface area contributed by atoms with Gasteiger partial charge >= 0.3 is 0 Å². The number of sulfonamides is 1. The van der Waals surface area contributed by atoms with Crippen LogP contribution < -0.4 is 10.5 Å². The molecule has 6 heteroatoms. The average molecular weight is 295 g/mol. The number of nitrogens with two attached hydrogens (primary N) is 1. The average Bonchev–Trinajstić information content (AvgIpc) is 2.86. The van der Waals surface area contributed by atoms with Crippen molar-refractivity contribution < 1.29 is 8.42 Å². The van der Waals surface area contributed by atoms with Gasteiger partial charge in [0.25, 0.3) is 0 Å². The highest BCUT2D eigenvalue weighted by Gasteiger charge is 2.33. The van der Waals surface area contributed by atoms with Crippen molar-refractivity contribution >= 4 is 15.7 Å². The van der Waals surface area contributed by atoms with Gasteiger partial charge in [0.1, 0.15) is 4.90 Å². The summed E-state index contributed by atoms with van der Waals surface area (Å²) in [4.78, 5) is 2.66. The van der Waals surface area contributed by atoms with Crippen molar-refractivity contribution in [2.24, 2.45) is 0 Å². The molecule has 0 spiro atoms. The van der Waals surface area contributed by atoms with Gasteiger partial charge in [0, 0.05) is 12.1 Å². The van der Waals surface area contributed by atoms with Gasteiger partial charge in [-0.15, -0.1) is 0 Å². The largest absolute Gasteiger partial charge is 0.398 e. The van der Waals surface area contributed by atoms with Crippen molar-refractivity contribution in [3.63, 3.8) is 0 Å². The standard InChI is InChI=1S/C14H21N3O2S/c15-13-5-1-2-6-14(13)20(18,19)16-11-7-9-17-8-3-4-12(17)10-11/h1-2,5-6,11-12,16H,3-4,7-10,15H2. The van der Waals surface area contributed by atoms with E-state index in [-0.39, 0.29) is 10.9 Å². The molecule has 2 aliphatic rings. The summed E-state index contributed by atoms with van der Waals surface area (Å²) in [7, 11) is -3.51. The highest BCUT2D eigenvalue weighted by Crippen LogP contribution is 2.28. The predicted molar refractivity (Wildman–Crippen MR) is 78.8 cm³/mol. The minimum atomic E-state index is -3.51. The second kappa shape index (κ2) is 5.35. The molecule has 20 heavy (non-hydrogen) atoms. The number of rotatable bonds is 3. The maximum absolute atomic E-state index is 12.4. The summed E-state index contributed by atoms with van der Waals surface area (Å²) in [5, 5.41) is 0. The third kappa shape index (κ3) is 2.68. The Hall–Kier alpha value is -1.11. The Kier molecular flexibility index (Phi) is 3.70. The summed E-state index contributed by atoms with van der Waals surface area (Å²) in [5.74, 6) is 0. The van der Waals surface area contributed by atoms with Gasteiger partial charge < -0.3 is 10.6 Å². The van der Waals surface area contributed by atoms with E-state index in [1.165, 1.54) is 12.8 Å². The third-order valence-electron chi connectivity index (χ3n) is 4.35. The van der Waals surface area contributed by atoms with Crippen LogP contribution in [-0.4, -0.2) is 38.5 Å². The van der Waals surface area contributed by atoms with E-state index in [9.17, 15) is 8.42 Å². The first kappa shape index (κ1) is 13.9. The fourth-order valence-corrected chi connectivity index (χ4v) is 4.76. The van der Waals surface area contributed by atoms with Crippen molar-refractivity contribution in [3.05, 3.63) is 24.3 Å². The number of anilines is 1. The van der Waals surface area contributed by atoms with Crippen molar-refractivity contribution in [2.45, 2.75) is 42.7 Å². The van der Waals surface area contributed by atoms with Gasteiger partial charge in [-0.25, -0.2) is 13.1 Å². The van der Waals surface area contributed by atoms with Crippen LogP contribution in [0.4, 0.5) is 5.69 Å². The van der Waals surface area contributed by atoms with Gasteiger partial charge in [0.05, 0.1) is 5.69 Å². The minimum Gasteiger partial charge on any atom is -0.398 e. The Morgan fingerprint density at radius 1 is 1.20 bits per heavy atom. The topological polar surface area (TPSA) is 75.4 Å². The molecule has 110 valence electrons. The number of hydrogen-bond donors (Lipinski definition) is 2. The Morgan fingerprint density at radius 2 is 2.00 bits per heavy atom. The number of nitrogens with one attached hydrogen (secondary N) is 1. The first-order valence-electron chi connectivity index (χ1n) is 7.17. The lowest BCUT2D eigenvalue weighted by Gasteiger charge is -2.34.